The summed E-state index contributed by atoms with van der Waals surface area (Å²) in [5.74, 6) is -0.552. The van der Waals surface area contributed by atoms with Crippen molar-refractivity contribution in [1.82, 2.24) is 0 Å². The predicted molar refractivity (Wildman–Crippen MR) is 140 cm³/mol. The van der Waals surface area contributed by atoms with E-state index in [1.54, 1.807) is 54.6 Å². The molecule has 0 fully saturated rings. The maximum Gasteiger partial charge on any atom is 0.332 e. The van der Waals surface area contributed by atoms with Gasteiger partial charge in [-0.3, -0.25) is 9.79 Å². The number of benzene rings is 3. The molecule has 5 rings (SSSR count). The van der Waals surface area contributed by atoms with Crippen molar-refractivity contribution in [2.24, 2.45) is 4.99 Å². The number of hydrogen-bond donors (Lipinski definition) is 1. The van der Waals surface area contributed by atoms with E-state index < -0.39 is 11.5 Å². The number of carbonyl (C=O) groups excluding carboxylic acids is 1. The monoisotopic (exact) mass is 521 g/mol. The number of nitrogens with zero attached hydrogens (tertiary/aromatic N) is 1. The van der Waals surface area contributed by atoms with Gasteiger partial charge >= 0.3 is 5.97 Å². The van der Waals surface area contributed by atoms with Gasteiger partial charge in [-0.1, -0.05) is 29.3 Å². The van der Waals surface area contributed by atoms with Gasteiger partial charge in [-0.15, -0.1) is 11.8 Å². The molecule has 1 unspecified atom stereocenters. The summed E-state index contributed by atoms with van der Waals surface area (Å²) in [6, 6.07) is 18.1. The minimum absolute atomic E-state index is 0.119. The van der Waals surface area contributed by atoms with Crippen LogP contribution >= 0.6 is 23.4 Å². The van der Waals surface area contributed by atoms with Gasteiger partial charge in [0.15, 0.2) is 11.3 Å². The zero-order valence-electron chi connectivity index (χ0n) is 19.0. The van der Waals surface area contributed by atoms with E-state index in [0.29, 0.717) is 39.1 Å². The highest BCUT2D eigenvalue weighted by atomic mass is 35.5. The van der Waals surface area contributed by atoms with Crippen molar-refractivity contribution < 1.29 is 23.8 Å². The third kappa shape index (κ3) is 5.08. The number of aliphatic imine (C=N–C) groups is 1. The molecule has 1 aliphatic carbocycles. The fourth-order valence-corrected chi connectivity index (χ4v) is 5.55. The summed E-state index contributed by atoms with van der Waals surface area (Å²) in [5, 5.41) is 11.2. The highest BCUT2D eigenvalue weighted by Gasteiger charge is 2.44. The van der Waals surface area contributed by atoms with Crippen LogP contribution in [0.5, 0.6) is 5.75 Å². The fourth-order valence-electron chi connectivity index (χ4n) is 4.34. The van der Waals surface area contributed by atoms with Crippen molar-refractivity contribution in [3.63, 3.8) is 0 Å². The van der Waals surface area contributed by atoms with Crippen LogP contribution in [0, 0.1) is 5.82 Å². The first-order valence-corrected chi connectivity index (χ1v) is 12.6. The van der Waals surface area contributed by atoms with E-state index in [1.165, 1.54) is 23.9 Å². The van der Waals surface area contributed by atoms with Crippen molar-refractivity contribution in [2.75, 3.05) is 12.4 Å². The molecule has 3 aromatic carbocycles. The average Bonchev–Trinajstić information content (AvgIpc) is 3.47. The molecule has 1 aliphatic heterocycles. The first kappa shape index (κ1) is 24.3. The van der Waals surface area contributed by atoms with Crippen molar-refractivity contribution in [2.45, 2.75) is 18.4 Å². The van der Waals surface area contributed by atoms with Crippen molar-refractivity contribution in [3.8, 4) is 5.75 Å². The summed E-state index contributed by atoms with van der Waals surface area (Å²) < 4.78 is 19.4. The minimum atomic E-state index is -1.27. The Labute approximate surface area is 216 Å². The SMILES string of the molecule is O=C(c1ccc(Cl)cc1)c1ccc(OCC2=NC(CC3=Cc4ccc(F)cc4C3)(C(=O)O)CS2)cc1. The number of hydrogen-bond acceptors (Lipinski definition) is 5. The summed E-state index contributed by atoms with van der Waals surface area (Å²) in [4.78, 5) is 29.4. The maximum absolute atomic E-state index is 13.5. The van der Waals surface area contributed by atoms with E-state index in [2.05, 4.69) is 4.99 Å². The van der Waals surface area contributed by atoms with Gasteiger partial charge in [0, 0.05) is 28.3 Å². The fraction of sp³-hybridized carbons (Fsp3) is 0.179. The molecule has 36 heavy (non-hydrogen) atoms. The van der Waals surface area contributed by atoms with E-state index in [4.69, 9.17) is 16.3 Å². The zero-order valence-corrected chi connectivity index (χ0v) is 20.6. The first-order chi connectivity index (χ1) is 17.3. The largest absolute Gasteiger partial charge is 0.487 e. The van der Waals surface area contributed by atoms with Crippen molar-refractivity contribution in [3.05, 3.63) is 105 Å². The number of ether oxygens (including phenoxy) is 1. The number of rotatable bonds is 8. The molecule has 5 nitrogen and oxygen atoms in total. The van der Waals surface area contributed by atoms with Gasteiger partial charge in [-0.05, 0) is 78.2 Å². The lowest BCUT2D eigenvalue weighted by molar-refractivity contribution is -0.142. The Kier molecular flexibility index (Phi) is 6.69. The summed E-state index contributed by atoms with van der Waals surface area (Å²) in [5.41, 5.74) is 2.49. The standard InChI is InChI=1S/C28H21ClFNO4S/c29-22-6-1-18(2-7-22)26(32)19-4-9-24(10-5-19)35-15-25-31-28(16-36-25,27(33)34)14-17-11-20-3-8-23(30)13-21(20)12-17/h1-11,13H,12,14-16H2,(H,33,34). The van der Waals surface area contributed by atoms with E-state index >= 15 is 0 Å². The second-order valence-corrected chi connectivity index (χ2v) is 10.3. The molecule has 1 atom stereocenters. The first-order valence-electron chi connectivity index (χ1n) is 11.3. The number of ketones is 1. The number of halogens is 2. The van der Waals surface area contributed by atoms with Crippen LogP contribution in [-0.4, -0.2) is 39.8 Å². The van der Waals surface area contributed by atoms with Gasteiger partial charge in [-0.25, -0.2) is 9.18 Å². The minimum Gasteiger partial charge on any atom is -0.487 e. The van der Waals surface area contributed by atoms with Gasteiger partial charge in [0.1, 0.15) is 23.2 Å². The maximum atomic E-state index is 13.5. The highest BCUT2D eigenvalue weighted by Crippen LogP contribution is 2.38. The lowest BCUT2D eigenvalue weighted by atomic mass is 9.92. The van der Waals surface area contributed by atoms with Gasteiger partial charge in [0.25, 0.3) is 0 Å². The number of carboxylic acid groups (broad SMARTS) is 1. The third-order valence-corrected chi connectivity index (χ3v) is 7.62. The Morgan fingerprint density at radius 3 is 2.44 bits per heavy atom. The number of thioether (sulfide) groups is 1. The van der Waals surface area contributed by atoms with E-state index in [-0.39, 0.29) is 24.6 Å². The van der Waals surface area contributed by atoms with Crippen LogP contribution in [0.2, 0.25) is 5.02 Å². The molecule has 0 amide bonds. The lowest BCUT2D eigenvalue weighted by Crippen LogP contribution is -2.37. The van der Waals surface area contributed by atoms with Crippen LogP contribution in [-0.2, 0) is 11.2 Å². The van der Waals surface area contributed by atoms with Crippen molar-refractivity contribution in [1.29, 1.82) is 0 Å². The Balaban J connectivity index is 1.23. The average molecular weight is 522 g/mol. The van der Waals surface area contributed by atoms with Crippen LogP contribution < -0.4 is 4.74 Å². The molecule has 1 N–H and O–H groups in total. The molecule has 2 aliphatic rings. The summed E-state index contributed by atoms with van der Waals surface area (Å²) in [7, 11) is 0. The molecule has 3 aromatic rings. The summed E-state index contributed by atoms with van der Waals surface area (Å²) in [6.45, 7) is 0.134. The molecule has 8 heteroatoms. The molecule has 1 heterocycles. The number of carbonyl (C=O) groups is 2. The Hall–Kier alpha value is -3.42. The Bertz CT molecular complexity index is 1400. The quantitative estimate of drug-likeness (QED) is 0.363. The van der Waals surface area contributed by atoms with E-state index in [9.17, 15) is 19.1 Å². The smallest absolute Gasteiger partial charge is 0.332 e. The second kappa shape index (κ2) is 9.91. The molecule has 182 valence electrons. The van der Waals surface area contributed by atoms with Crippen LogP contribution in [0.1, 0.15) is 33.5 Å². The van der Waals surface area contributed by atoms with Gasteiger partial charge in [0.2, 0.25) is 0 Å². The molecule has 0 saturated carbocycles. The van der Waals surface area contributed by atoms with Gasteiger partial charge in [-0.2, -0.15) is 0 Å². The molecular weight excluding hydrogens is 501 g/mol. The summed E-state index contributed by atoms with van der Waals surface area (Å²) in [6.07, 6.45) is 2.72. The predicted octanol–water partition coefficient (Wildman–Crippen LogP) is 6.09. The second-order valence-electron chi connectivity index (χ2n) is 8.78. The molecular formula is C28H21ClFNO4S. The Morgan fingerprint density at radius 2 is 1.75 bits per heavy atom. The lowest BCUT2D eigenvalue weighted by Gasteiger charge is -2.20. The van der Waals surface area contributed by atoms with E-state index in [0.717, 1.165) is 16.7 Å². The number of aliphatic carboxylic acids is 1. The third-order valence-electron chi connectivity index (χ3n) is 6.20. The van der Waals surface area contributed by atoms with Gasteiger partial charge < -0.3 is 9.84 Å². The topological polar surface area (TPSA) is 76.0 Å². The van der Waals surface area contributed by atoms with Crippen LogP contribution in [0.3, 0.4) is 0 Å². The number of fused-ring (bicyclic) bond motifs is 1. The van der Waals surface area contributed by atoms with E-state index in [1.807, 2.05) is 6.08 Å². The molecule has 0 spiro atoms. The molecule has 0 saturated heterocycles. The Morgan fingerprint density at radius 1 is 1.06 bits per heavy atom. The molecule has 0 radical (unpaired) electrons. The summed E-state index contributed by atoms with van der Waals surface area (Å²) >= 11 is 7.25. The highest BCUT2D eigenvalue weighted by molar-refractivity contribution is 8.14. The van der Waals surface area contributed by atoms with Crippen LogP contribution in [0.4, 0.5) is 4.39 Å². The van der Waals surface area contributed by atoms with Crippen LogP contribution in [0.25, 0.3) is 6.08 Å². The normalized spacial score (nSPS) is 18.4. The van der Waals surface area contributed by atoms with Gasteiger partial charge in [0.05, 0.1) is 0 Å². The molecule has 0 aromatic heterocycles. The van der Waals surface area contributed by atoms with Crippen LogP contribution in [0.15, 0.2) is 77.3 Å². The zero-order chi connectivity index (χ0) is 25.3. The number of carboxylic acids is 1. The van der Waals surface area contributed by atoms with Crippen molar-refractivity contribution >= 4 is 46.2 Å². The molecule has 0 bridgehead atoms.